The lowest BCUT2D eigenvalue weighted by Gasteiger charge is -2.11. The Morgan fingerprint density at radius 3 is 2.39 bits per heavy atom. The number of unbranched alkanes of at least 4 members (excludes halogenated alkanes) is 5. The third-order valence-corrected chi connectivity index (χ3v) is 4.60. The van der Waals surface area contributed by atoms with Crippen molar-refractivity contribution in [1.82, 2.24) is 0 Å². The molecule has 0 aromatic heterocycles. The van der Waals surface area contributed by atoms with Gasteiger partial charge in [-0.15, -0.1) is 0 Å². The second-order valence-corrected chi connectivity index (χ2v) is 7.04. The molecule has 0 N–H and O–H groups in total. The molecule has 2 aromatic carbocycles. The van der Waals surface area contributed by atoms with Gasteiger partial charge in [0.2, 0.25) is 0 Å². The average Bonchev–Trinajstić information content (AvgIpc) is 2.69. The van der Waals surface area contributed by atoms with Crippen LogP contribution in [0.3, 0.4) is 0 Å². The molecule has 4 heteroatoms. The van der Waals surface area contributed by atoms with Gasteiger partial charge in [0, 0.05) is 17.5 Å². The zero-order valence-electron chi connectivity index (χ0n) is 16.9. The van der Waals surface area contributed by atoms with Gasteiger partial charge in [-0.1, -0.05) is 75.4 Å². The third kappa shape index (κ3) is 7.55. The topological polar surface area (TPSA) is 52.6 Å². The minimum atomic E-state index is -0.600. The number of ether oxygens (including phenoxy) is 2. The van der Waals surface area contributed by atoms with Crippen LogP contribution < -0.4 is 4.74 Å². The van der Waals surface area contributed by atoms with Crippen LogP contribution in [0.25, 0.3) is 10.8 Å². The molecule has 0 aliphatic carbocycles. The van der Waals surface area contributed by atoms with E-state index in [4.69, 9.17) is 9.47 Å². The van der Waals surface area contributed by atoms with Crippen LogP contribution in [-0.2, 0) is 14.3 Å². The summed E-state index contributed by atoms with van der Waals surface area (Å²) in [6.07, 6.45) is 10.2. The highest BCUT2D eigenvalue weighted by Crippen LogP contribution is 2.25. The largest absolute Gasteiger partial charge is 0.460 e. The molecule has 0 amide bonds. The van der Waals surface area contributed by atoms with Crippen LogP contribution in [0.2, 0.25) is 0 Å². The van der Waals surface area contributed by atoms with Crippen molar-refractivity contribution in [2.45, 2.75) is 64.9 Å². The number of hydrogen-bond acceptors (Lipinski definition) is 4. The Bertz CT molecular complexity index is 789. The molecule has 1 atom stereocenters. The highest BCUT2D eigenvalue weighted by atomic mass is 16.5. The van der Waals surface area contributed by atoms with Crippen LogP contribution in [0, 0.1) is 0 Å². The molecule has 2 aromatic rings. The zero-order valence-corrected chi connectivity index (χ0v) is 16.9. The van der Waals surface area contributed by atoms with Crippen molar-refractivity contribution in [1.29, 1.82) is 0 Å². The van der Waals surface area contributed by atoms with E-state index in [0.717, 1.165) is 42.2 Å². The first-order chi connectivity index (χ1) is 13.6. The first-order valence-corrected chi connectivity index (χ1v) is 10.2. The summed E-state index contributed by atoms with van der Waals surface area (Å²) in [6, 6.07) is 13.2. The summed E-state index contributed by atoms with van der Waals surface area (Å²) in [5.41, 5.74) is 0. The SMILES string of the molecule is CCCCCCCCC(C)OC(=O)/C=C/C(=O)Oc1cccc2ccccc12. The Labute approximate surface area is 167 Å². The van der Waals surface area contributed by atoms with Gasteiger partial charge in [-0.05, 0) is 31.2 Å². The Kier molecular flexibility index (Phi) is 9.26. The molecular formula is C24H30O4. The molecule has 0 fully saturated rings. The van der Waals surface area contributed by atoms with E-state index in [1.807, 2.05) is 43.3 Å². The predicted octanol–water partition coefficient (Wildman–Crippen LogP) is 5.98. The lowest BCUT2D eigenvalue weighted by atomic mass is 10.1. The van der Waals surface area contributed by atoms with Gasteiger partial charge < -0.3 is 9.47 Å². The zero-order chi connectivity index (χ0) is 20.2. The van der Waals surface area contributed by atoms with E-state index < -0.39 is 11.9 Å². The van der Waals surface area contributed by atoms with E-state index in [-0.39, 0.29) is 6.10 Å². The fraction of sp³-hybridized carbons (Fsp3) is 0.417. The van der Waals surface area contributed by atoms with E-state index in [2.05, 4.69) is 6.92 Å². The molecule has 4 nitrogen and oxygen atoms in total. The Morgan fingerprint density at radius 2 is 1.57 bits per heavy atom. The van der Waals surface area contributed by atoms with Gasteiger partial charge in [-0.25, -0.2) is 9.59 Å². The predicted molar refractivity (Wildman–Crippen MR) is 112 cm³/mol. The summed E-state index contributed by atoms with van der Waals surface area (Å²) in [5.74, 6) is -0.650. The number of rotatable bonds is 11. The fourth-order valence-electron chi connectivity index (χ4n) is 3.07. The maximum absolute atomic E-state index is 12.0. The number of fused-ring (bicyclic) bond motifs is 1. The molecule has 28 heavy (non-hydrogen) atoms. The number of hydrogen-bond donors (Lipinski definition) is 0. The normalized spacial score (nSPS) is 12.2. The number of carbonyl (C=O) groups excluding carboxylic acids is 2. The van der Waals surface area contributed by atoms with Crippen LogP contribution in [0.15, 0.2) is 54.6 Å². The average molecular weight is 383 g/mol. The van der Waals surface area contributed by atoms with Crippen LogP contribution in [-0.4, -0.2) is 18.0 Å². The van der Waals surface area contributed by atoms with Crippen LogP contribution in [0.4, 0.5) is 0 Å². The Balaban J connectivity index is 1.74. The van der Waals surface area contributed by atoms with Crippen molar-refractivity contribution in [3.63, 3.8) is 0 Å². The summed E-state index contributed by atoms with van der Waals surface area (Å²) in [5, 5.41) is 1.83. The van der Waals surface area contributed by atoms with Gasteiger partial charge in [-0.2, -0.15) is 0 Å². The number of carbonyl (C=O) groups is 2. The monoisotopic (exact) mass is 382 g/mol. The van der Waals surface area contributed by atoms with Gasteiger partial charge in [0.1, 0.15) is 5.75 Å². The lowest BCUT2D eigenvalue weighted by molar-refractivity contribution is -0.143. The molecule has 0 aliphatic heterocycles. The molecule has 0 saturated carbocycles. The third-order valence-electron chi connectivity index (χ3n) is 4.60. The quantitative estimate of drug-likeness (QED) is 0.207. The minimum Gasteiger partial charge on any atom is -0.460 e. The van der Waals surface area contributed by atoms with Crippen LogP contribution in [0.1, 0.15) is 58.8 Å². The van der Waals surface area contributed by atoms with E-state index >= 15 is 0 Å². The second-order valence-electron chi connectivity index (χ2n) is 7.04. The van der Waals surface area contributed by atoms with Crippen molar-refractivity contribution in [2.75, 3.05) is 0 Å². The van der Waals surface area contributed by atoms with Crippen molar-refractivity contribution >= 4 is 22.7 Å². The van der Waals surface area contributed by atoms with Crippen LogP contribution >= 0.6 is 0 Å². The smallest absolute Gasteiger partial charge is 0.336 e. The molecule has 0 bridgehead atoms. The molecular weight excluding hydrogens is 352 g/mol. The molecule has 0 spiro atoms. The van der Waals surface area contributed by atoms with Crippen molar-refractivity contribution < 1.29 is 19.1 Å². The summed E-state index contributed by atoms with van der Waals surface area (Å²) < 4.78 is 10.7. The Morgan fingerprint density at radius 1 is 0.893 bits per heavy atom. The lowest BCUT2D eigenvalue weighted by Crippen LogP contribution is -2.13. The van der Waals surface area contributed by atoms with Crippen molar-refractivity contribution in [3.05, 3.63) is 54.6 Å². The molecule has 150 valence electrons. The minimum absolute atomic E-state index is 0.155. The van der Waals surface area contributed by atoms with E-state index in [1.165, 1.54) is 25.7 Å². The second kappa shape index (κ2) is 12.0. The molecule has 2 rings (SSSR count). The van der Waals surface area contributed by atoms with Crippen molar-refractivity contribution in [2.24, 2.45) is 0 Å². The van der Waals surface area contributed by atoms with Crippen molar-refractivity contribution in [3.8, 4) is 5.75 Å². The molecule has 0 heterocycles. The molecule has 0 aliphatic rings. The Hall–Kier alpha value is -2.62. The summed E-state index contributed by atoms with van der Waals surface area (Å²) >= 11 is 0. The molecule has 0 radical (unpaired) electrons. The van der Waals surface area contributed by atoms with Crippen LogP contribution in [0.5, 0.6) is 5.75 Å². The number of esters is 2. The van der Waals surface area contributed by atoms with Gasteiger partial charge in [0.15, 0.2) is 0 Å². The molecule has 1 unspecified atom stereocenters. The first kappa shape index (κ1) is 21.7. The fourth-order valence-corrected chi connectivity index (χ4v) is 3.07. The first-order valence-electron chi connectivity index (χ1n) is 10.2. The van der Waals surface area contributed by atoms with Gasteiger partial charge in [0.25, 0.3) is 0 Å². The summed E-state index contributed by atoms with van der Waals surface area (Å²) in [6.45, 7) is 4.08. The van der Waals surface area contributed by atoms with E-state index in [9.17, 15) is 9.59 Å². The number of benzene rings is 2. The molecule has 0 saturated heterocycles. The van der Waals surface area contributed by atoms with E-state index in [0.29, 0.717) is 5.75 Å². The van der Waals surface area contributed by atoms with Gasteiger partial charge >= 0.3 is 11.9 Å². The van der Waals surface area contributed by atoms with Gasteiger partial charge in [0.05, 0.1) is 6.10 Å². The van der Waals surface area contributed by atoms with E-state index in [1.54, 1.807) is 6.07 Å². The highest BCUT2D eigenvalue weighted by molar-refractivity contribution is 5.95. The maximum atomic E-state index is 12.0. The summed E-state index contributed by atoms with van der Waals surface area (Å²) in [4.78, 5) is 23.9. The standard InChI is InChI=1S/C24H30O4/c1-3-4-5-6-7-8-12-19(2)27-23(25)17-18-24(26)28-22-16-11-14-20-13-9-10-15-21(20)22/h9-11,13-19H,3-8,12H2,1-2H3/b18-17+. The van der Waals surface area contributed by atoms with Gasteiger partial charge in [-0.3, -0.25) is 0 Å². The summed E-state index contributed by atoms with van der Waals surface area (Å²) in [7, 11) is 0. The highest BCUT2D eigenvalue weighted by Gasteiger charge is 2.09. The maximum Gasteiger partial charge on any atom is 0.336 e.